The Morgan fingerprint density at radius 2 is 1.95 bits per heavy atom. The van der Waals surface area contributed by atoms with Crippen LogP contribution in [0.2, 0.25) is 0 Å². The Kier molecular flexibility index (Phi) is 9.19. The molecule has 0 spiro atoms. The minimum Gasteiger partial charge on any atom is -0.478 e. The minimum absolute atomic E-state index is 0.0217. The van der Waals surface area contributed by atoms with Crippen molar-refractivity contribution in [1.29, 1.82) is 0 Å². The molecular weight excluding hydrogens is 600 g/mol. The van der Waals surface area contributed by atoms with E-state index in [4.69, 9.17) is 10.6 Å². The molecule has 1 fully saturated rings. The summed E-state index contributed by atoms with van der Waals surface area (Å²) in [5, 5.41) is 27.1. The predicted molar refractivity (Wildman–Crippen MR) is 145 cm³/mol. The number of nitrogen functional groups attached to an aromatic ring is 1. The number of quaternary nitrogens is 1. The zero-order valence-corrected chi connectivity index (χ0v) is 24.8. The Bertz CT molecular complexity index is 1510. The molecule has 3 rings (SSSR count). The van der Waals surface area contributed by atoms with E-state index in [1.807, 2.05) is 21.1 Å². The zero-order chi connectivity index (χ0) is 31.6. The Morgan fingerprint density at radius 1 is 1.29 bits per heavy atom. The van der Waals surface area contributed by atoms with E-state index in [-0.39, 0.29) is 40.7 Å². The first kappa shape index (κ1) is 32.3. The van der Waals surface area contributed by atoms with Gasteiger partial charge >= 0.3 is 16.3 Å². The van der Waals surface area contributed by atoms with Crippen LogP contribution in [0.1, 0.15) is 25.2 Å². The molecule has 0 saturated carbocycles. The molecule has 42 heavy (non-hydrogen) atoms. The third-order valence-electron chi connectivity index (χ3n) is 5.61. The Morgan fingerprint density at radius 3 is 2.50 bits per heavy atom. The fourth-order valence-corrected chi connectivity index (χ4v) is 4.95. The summed E-state index contributed by atoms with van der Waals surface area (Å²) in [6.45, 7) is 2.26. The van der Waals surface area contributed by atoms with E-state index in [1.165, 1.54) is 30.1 Å². The van der Waals surface area contributed by atoms with Gasteiger partial charge in [-0.2, -0.15) is 8.42 Å². The van der Waals surface area contributed by atoms with E-state index in [9.17, 15) is 37.3 Å². The van der Waals surface area contributed by atoms with Crippen molar-refractivity contribution in [3.05, 3.63) is 23.0 Å². The second-order valence-corrected chi connectivity index (χ2v) is 12.9. The van der Waals surface area contributed by atoms with Crippen LogP contribution in [0.3, 0.4) is 0 Å². The molecule has 230 valence electrons. The molecule has 2 aromatic heterocycles. The van der Waals surface area contributed by atoms with E-state index in [0.717, 1.165) is 11.3 Å². The van der Waals surface area contributed by atoms with Crippen LogP contribution in [0.25, 0.3) is 0 Å². The molecule has 0 aromatic carbocycles. The number of carbonyl (C=O) groups is 4. The number of carbonyl (C=O) groups excluding carboxylic acids is 3. The molecule has 3 amide bonds. The van der Waals surface area contributed by atoms with Crippen molar-refractivity contribution in [3.63, 3.8) is 0 Å². The third kappa shape index (κ3) is 7.96. The molecule has 0 bridgehead atoms. The number of carboxylic acids is 1. The quantitative estimate of drug-likeness (QED) is 0.0501. The Labute approximate surface area is 243 Å². The monoisotopic (exact) mass is 631 g/mol. The number of oxime groups is 1. The Hall–Kier alpha value is -4.21. The van der Waals surface area contributed by atoms with E-state index < -0.39 is 51.5 Å². The van der Waals surface area contributed by atoms with Crippen molar-refractivity contribution in [2.75, 3.05) is 33.4 Å². The fourth-order valence-electron chi connectivity index (χ4n) is 3.53. The molecule has 2 unspecified atom stereocenters. The molecule has 0 aliphatic carbocycles. The van der Waals surface area contributed by atoms with E-state index in [0.29, 0.717) is 10.2 Å². The summed E-state index contributed by atoms with van der Waals surface area (Å²) in [5.41, 5.74) is 3.48. The van der Waals surface area contributed by atoms with Gasteiger partial charge in [-0.05, 0) is 13.8 Å². The van der Waals surface area contributed by atoms with Crippen molar-refractivity contribution in [2.24, 2.45) is 5.16 Å². The van der Waals surface area contributed by atoms with Gasteiger partial charge in [-0.1, -0.05) is 10.4 Å². The number of rotatable bonds is 13. The predicted octanol–water partition coefficient (Wildman–Crippen LogP) is -2.58. The molecule has 19 nitrogen and oxygen atoms in total. The lowest BCUT2D eigenvalue weighted by Crippen LogP contribution is -2.73. The molecule has 2 atom stereocenters. The number of anilines is 1. The maximum absolute atomic E-state index is 13.2. The van der Waals surface area contributed by atoms with Crippen LogP contribution in [-0.4, -0.2) is 122 Å². The number of carboxylic acid groups (broad SMARTS) is 1. The normalized spacial score (nSPS) is 17.9. The van der Waals surface area contributed by atoms with Crippen LogP contribution in [0.5, 0.6) is 0 Å². The summed E-state index contributed by atoms with van der Waals surface area (Å²) >= 11 is 0.946. The number of aliphatic carboxylic acids is 1. The maximum atomic E-state index is 13.2. The maximum Gasteiger partial charge on any atom is 0.362 e. The Balaban J connectivity index is 1.80. The van der Waals surface area contributed by atoms with Crippen LogP contribution >= 0.6 is 11.3 Å². The van der Waals surface area contributed by atoms with Crippen molar-refractivity contribution in [2.45, 2.75) is 44.6 Å². The van der Waals surface area contributed by atoms with E-state index in [1.54, 1.807) is 0 Å². The van der Waals surface area contributed by atoms with Gasteiger partial charge in [-0.3, -0.25) is 18.9 Å². The van der Waals surface area contributed by atoms with Gasteiger partial charge in [0, 0.05) is 5.38 Å². The van der Waals surface area contributed by atoms with Crippen molar-refractivity contribution in [1.82, 2.24) is 34.9 Å². The summed E-state index contributed by atoms with van der Waals surface area (Å²) in [5.74, 6) is -3.86. The first-order chi connectivity index (χ1) is 19.3. The first-order valence-corrected chi connectivity index (χ1v) is 14.3. The molecule has 2 aromatic rings. The molecule has 21 heteroatoms. The topological polar surface area (TPSA) is 261 Å². The molecular formula is C21H31N10O9S2+. The summed E-state index contributed by atoms with van der Waals surface area (Å²) in [4.78, 5) is 58.3. The second kappa shape index (κ2) is 12.0. The number of nitrogens with one attached hydrogen (secondary N) is 2. The number of hydrogen-bond acceptors (Lipinski definition) is 13. The molecule has 1 saturated heterocycles. The average molecular weight is 632 g/mol. The van der Waals surface area contributed by atoms with Gasteiger partial charge in [0.15, 0.2) is 17.4 Å². The lowest BCUT2D eigenvalue weighted by Gasteiger charge is -2.43. The van der Waals surface area contributed by atoms with Gasteiger partial charge in [0.2, 0.25) is 5.60 Å². The highest BCUT2D eigenvalue weighted by molar-refractivity contribution is 7.84. The minimum atomic E-state index is -5.03. The van der Waals surface area contributed by atoms with E-state index in [2.05, 4.69) is 31.1 Å². The van der Waals surface area contributed by atoms with Gasteiger partial charge < -0.3 is 30.8 Å². The van der Waals surface area contributed by atoms with Crippen molar-refractivity contribution < 1.29 is 46.6 Å². The van der Waals surface area contributed by atoms with Crippen molar-refractivity contribution >= 4 is 56.2 Å². The number of thiazole rings is 1. The summed E-state index contributed by atoms with van der Waals surface area (Å²) < 4.78 is 35.2. The molecule has 6 N–H and O–H groups in total. The van der Waals surface area contributed by atoms with E-state index >= 15 is 0 Å². The van der Waals surface area contributed by atoms with Crippen molar-refractivity contribution in [3.8, 4) is 0 Å². The summed E-state index contributed by atoms with van der Waals surface area (Å²) in [6.07, 6.45) is 1.39. The number of β-lactam (4-membered cyclic amide) rings is 1. The number of nitrogens with two attached hydrogens (primary N) is 1. The SMILES string of the molecule is CC(C)(O/N=C(\C(=O)NC1C(=O)N(S(=O)(=O)O)C1Cn1cc(CNC(=O)C[N+](C)(C)C)nn1)c1csc(N)n1)C(=O)O. The average Bonchev–Trinajstić information content (AvgIpc) is 3.47. The van der Waals surface area contributed by atoms with Crippen LogP contribution in [0.15, 0.2) is 16.7 Å². The zero-order valence-electron chi connectivity index (χ0n) is 23.2. The van der Waals surface area contributed by atoms with Gasteiger partial charge in [-0.15, -0.1) is 16.4 Å². The number of likely N-dealkylation sites (N-methyl/N-ethyl adjacent to an activating group) is 1. The highest BCUT2D eigenvalue weighted by Crippen LogP contribution is 2.25. The van der Waals surface area contributed by atoms with Crippen LogP contribution < -0.4 is 16.4 Å². The lowest BCUT2D eigenvalue weighted by atomic mass is 9.98. The third-order valence-corrected chi connectivity index (χ3v) is 7.23. The second-order valence-electron chi connectivity index (χ2n) is 10.7. The number of hydrogen-bond donors (Lipinski definition) is 5. The van der Waals surface area contributed by atoms with Gasteiger partial charge in [0.05, 0.1) is 46.5 Å². The van der Waals surface area contributed by atoms with Crippen LogP contribution in [-0.2, 0) is 47.4 Å². The highest BCUT2D eigenvalue weighted by atomic mass is 32.2. The number of aromatic nitrogens is 4. The fraction of sp³-hybridized carbons (Fsp3) is 0.524. The lowest BCUT2D eigenvalue weighted by molar-refractivity contribution is -0.862. The van der Waals surface area contributed by atoms with Crippen LogP contribution in [0, 0.1) is 0 Å². The largest absolute Gasteiger partial charge is 0.478 e. The smallest absolute Gasteiger partial charge is 0.362 e. The molecule has 3 heterocycles. The summed E-state index contributed by atoms with van der Waals surface area (Å²) in [6, 6.07) is -2.85. The molecule has 1 aliphatic heterocycles. The standard InChI is InChI=1S/C21H30N10O9S2/c1-21(2,19(35)36)40-27-15(12-10-41-20(22)24-12)17(33)25-16-13(30(18(16)34)42(37,38)39)8-29-7-11(26-28-29)6-23-14(32)9-31(3,4)5/h7,10,13,16H,6,8-9H2,1-5H3,(H5-,22,23,24,25,32,33,35,36,37,38,39)/p+1/b27-15-. The summed E-state index contributed by atoms with van der Waals surface area (Å²) in [7, 11) is 0.504. The van der Waals surface area contributed by atoms with Crippen LogP contribution in [0.4, 0.5) is 5.13 Å². The van der Waals surface area contributed by atoms with Gasteiger partial charge in [0.1, 0.15) is 17.4 Å². The number of nitrogens with zero attached hydrogens (tertiary/aromatic N) is 7. The molecule has 1 aliphatic rings. The van der Waals surface area contributed by atoms with Gasteiger partial charge in [-0.25, -0.2) is 18.8 Å². The highest BCUT2D eigenvalue weighted by Gasteiger charge is 2.54. The first-order valence-electron chi connectivity index (χ1n) is 12.1. The van der Waals surface area contributed by atoms with Gasteiger partial charge in [0.25, 0.3) is 17.7 Å². The molecule has 0 radical (unpaired) electrons. The number of amides is 3.